The molecule has 24 heavy (non-hydrogen) atoms. The standard InChI is InChI=1S/C19H24N2O2S/c1-19(2)17(13-21(3)15-7-5-4-6-8-15)18(19)14-9-11-16(12-10-14)24(20,22)23/h4-12,17-18H,13H2,1-3H3,(H2,20,22,23)/t17-,18-/m0/s1. The number of hydrogen-bond donors (Lipinski definition) is 1. The Balaban J connectivity index is 1.75. The summed E-state index contributed by atoms with van der Waals surface area (Å²) < 4.78 is 22.8. The molecule has 2 aromatic rings. The van der Waals surface area contributed by atoms with Crippen molar-refractivity contribution in [3.63, 3.8) is 0 Å². The molecular formula is C19H24N2O2S. The van der Waals surface area contributed by atoms with Gasteiger partial charge in [-0.3, -0.25) is 0 Å². The molecule has 0 aliphatic heterocycles. The summed E-state index contributed by atoms with van der Waals surface area (Å²) >= 11 is 0. The summed E-state index contributed by atoms with van der Waals surface area (Å²) in [4.78, 5) is 2.45. The third-order valence-electron chi connectivity index (χ3n) is 5.29. The van der Waals surface area contributed by atoms with E-state index in [1.54, 1.807) is 12.1 Å². The number of anilines is 1. The lowest BCUT2D eigenvalue weighted by Crippen LogP contribution is -2.21. The molecule has 5 heteroatoms. The Morgan fingerprint density at radius 1 is 1.04 bits per heavy atom. The van der Waals surface area contributed by atoms with Crippen molar-refractivity contribution < 1.29 is 8.42 Å². The van der Waals surface area contributed by atoms with E-state index in [4.69, 9.17) is 5.14 Å². The molecule has 1 fully saturated rings. The highest BCUT2D eigenvalue weighted by Crippen LogP contribution is 2.64. The van der Waals surface area contributed by atoms with Crippen LogP contribution in [-0.2, 0) is 10.0 Å². The van der Waals surface area contributed by atoms with Gasteiger partial charge in [0.1, 0.15) is 0 Å². The van der Waals surface area contributed by atoms with Crippen LogP contribution in [-0.4, -0.2) is 22.0 Å². The van der Waals surface area contributed by atoms with Crippen molar-refractivity contribution in [3.8, 4) is 0 Å². The summed E-state index contributed by atoms with van der Waals surface area (Å²) in [6.07, 6.45) is 0. The van der Waals surface area contributed by atoms with Crippen molar-refractivity contribution in [2.24, 2.45) is 16.5 Å². The van der Waals surface area contributed by atoms with Gasteiger partial charge in [-0.25, -0.2) is 13.6 Å². The zero-order valence-corrected chi connectivity index (χ0v) is 15.1. The summed E-state index contributed by atoms with van der Waals surface area (Å²) in [6.45, 7) is 5.52. The molecular weight excluding hydrogens is 320 g/mol. The van der Waals surface area contributed by atoms with Crippen molar-refractivity contribution in [3.05, 3.63) is 60.2 Å². The third-order valence-corrected chi connectivity index (χ3v) is 6.21. The lowest BCUT2D eigenvalue weighted by atomic mass is 10.0. The monoisotopic (exact) mass is 344 g/mol. The quantitative estimate of drug-likeness (QED) is 0.906. The summed E-state index contributed by atoms with van der Waals surface area (Å²) in [5, 5.41) is 5.18. The topological polar surface area (TPSA) is 63.4 Å². The molecule has 3 rings (SSSR count). The molecule has 0 heterocycles. The van der Waals surface area contributed by atoms with Gasteiger partial charge in [-0.15, -0.1) is 0 Å². The van der Waals surface area contributed by atoms with E-state index in [2.05, 4.69) is 37.9 Å². The van der Waals surface area contributed by atoms with Gasteiger partial charge in [0.25, 0.3) is 0 Å². The molecule has 0 amide bonds. The van der Waals surface area contributed by atoms with E-state index in [1.165, 1.54) is 11.3 Å². The van der Waals surface area contributed by atoms with Gasteiger partial charge in [-0.05, 0) is 47.1 Å². The molecule has 0 aromatic heterocycles. The second kappa shape index (κ2) is 5.90. The number of hydrogen-bond acceptors (Lipinski definition) is 3. The van der Waals surface area contributed by atoms with E-state index in [0.717, 1.165) is 6.54 Å². The average molecular weight is 344 g/mol. The first-order valence-electron chi connectivity index (χ1n) is 8.10. The van der Waals surface area contributed by atoms with Crippen molar-refractivity contribution in [1.29, 1.82) is 0 Å². The van der Waals surface area contributed by atoms with Crippen molar-refractivity contribution in [2.45, 2.75) is 24.7 Å². The van der Waals surface area contributed by atoms with Gasteiger partial charge < -0.3 is 4.90 Å². The fourth-order valence-electron chi connectivity index (χ4n) is 3.69. The summed E-state index contributed by atoms with van der Waals surface area (Å²) in [7, 11) is -1.51. The molecule has 1 aliphatic rings. The summed E-state index contributed by atoms with van der Waals surface area (Å²) in [5.41, 5.74) is 2.59. The Morgan fingerprint density at radius 3 is 2.17 bits per heavy atom. The molecule has 128 valence electrons. The predicted octanol–water partition coefficient (Wildman–Crippen LogP) is 3.21. The zero-order valence-electron chi connectivity index (χ0n) is 14.3. The van der Waals surface area contributed by atoms with E-state index in [9.17, 15) is 8.42 Å². The summed E-state index contributed by atoms with van der Waals surface area (Å²) in [6, 6.07) is 17.4. The normalized spacial score (nSPS) is 22.2. The number of rotatable bonds is 5. The average Bonchev–Trinajstić information content (AvgIpc) is 3.08. The number of nitrogens with zero attached hydrogens (tertiary/aromatic N) is 1. The highest BCUT2D eigenvalue weighted by atomic mass is 32.2. The maximum Gasteiger partial charge on any atom is 0.238 e. The van der Waals surface area contributed by atoms with Crippen LogP contribution in [0, 0.1) is 11.3 Å². The molecule has 0 spiro atoms. The lowest BCUT2D eigenvalue weighted by molar-refractivity contribution is 0.552. The first-order valence-corrected chi connectivity index (χ1v) is 9.65. The van der Waals surface area contributed by atoms with Crippen LogP contribution in [0.5, 0.6) is 0 Å². The predicted molar refractivity (Wildman–Crippen MR) is 97.5 cm³/mol. The maximum absolute atomic E-state index is 11.4. The van der Waals surface area contributed by atoms with Crippen molar-refractivity contribution in [1.82, 2.24) is 0 Å². The molecule has 0 bridgehead atoms. The second-order valence-electron chi connectivity index (χ2n) is 7.24. The van der Waals surface area contributed by atoms with Crippen LogP contribution in [0.3, 0.4) is 0 Å². The van der Waals surface area contributed by atoms with Crippen LogP contribution < -0.4 is 10.0 Å². The van der Waals surface area contributed by atoms with Crippen molar-refractivity contribution in [2.75, 3.05) is 18.5 Å². The Morgan fingerprint density at radius 2 is 1.62 bits per heavy atom. The Hall–Kier alpha value is -1.85. The number of benzene rings is 2. The van der Waals surface area contributed by atoms with E-state index >= 15 is 0 Å². The first-order chi connectivity index (χ1) is 11.2. The lowest BCUT2D eigenvalue weighted by Gasteiger charge is -2.20. The highest BCUT2D eigenvalue weighted by molar-refractivity contribution is 7.89. The van der Waals surface area contributed by atoms with Gasteiger partial charge in [0, 0.05) is 19.3 Å². The van der Waals surface area contributed by atoms with Gasteiger partial charge in [-0.1, -0.05) is 44.2 Å². The first kappa shape index (κ1) is 17.0. The minimum atomic E-state index is -3.63. The molecule has 1 saturated carbocycles. The van der Waals surface area contributed by atoms with Crippen LogP contribution >= 0.6 is 0 Å². The Bertz CT molecular complexity index is 814. The number of primary sulfonamides is 1. The Kier molecular flexibility index (Phi) is 4.18. The number of sulfonamides is 1. The molecule has 1 aliphatic carbocycles. The minimum Gasteiger partial charge on any atom is -0.374 e. The van der Waals surface area contributed by atoms with Gasteiger partial charge in [0.15, 0.2) is 0 Å². The molecule has 2 atom stereocenters. The summed E-state index contributed by atoms with van der Waals surface area (Å²) in [5.74, 6) is 0.959. The van der Waals surface area contributed by atoms with E-state index < -0.39 is 10.0 Å². The minimum absolute atomic E-state index is 0.169. The second-order valence-corrected chi connectivity index (χ2v) is 8.80. The molecule has 4 nitrogen and oxygen atoms in total. The fraction of sp³-hybridized carbons (Fsp3) is 0.368. The van der Waals surface area contributed by atoms with Gasteiger partial charge >= 0.3 is 0 Å². The number of nitrogens with two attached hydrogens (primary N) is 1. The zero-order chi connectivity index (χ0) is 17.5. The van der Waals surface area contributed by atoms with Gasteiger partial charge in [0.05, 0.1) is 4.90 Å². The molecule has 0 radical (unpaired) electrons. The Labute approximate surface area is 144 Å². The van der Waals surface area contributed by atoms with Crippen molar-refractivity contribution >= 4 is 15.7 Å². The van der Waals surface area contributed by atoms with Crippen LogP contribution in [0.1, 0.15) is 25.3 Å². The molecule has 2 N–H and O–H groups in total. The fourth-order valence-corrected chi connectivity index (χ4v) is 4.21. The highest BCUT2D eigenvalue weighted by Gasteiger charge is 2.58. The van der Waals surface area contributed by atoms with E-state index in [-0.39, 0.29) is 10.3 Å². The molecule has 0 saturated heterocycles. The van der Waals surface area contributed by atoms with E-state index in [1.807, 2.05) is 30.3 Å². The molecule has 2 aromatic carbocycles. The maximum atomic E-state index is 11.4. The van der Waals surface area contributed by atoms with E-state index in [0.29, 0.717) is 11.8 Å². The van der Waals surface area contributed by atoms with Gasteiger partial charge in [0.2, 0.25) is 10.0 Å². The van der Waals surface area contributed by atoms with Crippen LogP contribution in [0.25, 0.3) is 0 Å². The van der Waals surface area contributed by atoms with Crippen LogP contribution in [0.2, 0.25) is 0 Å². The third kappa shape index (κ3) is 3.19. The number of para-hydroxylation sites is 1. The largest absolute Gasteiger partial charge is 0.374 e. The van der Waals surface area contributed by atoms with Crippen LogP contribution in [0.15, 0.2) is 59.5 Å². The molecule has 0 unspecified atom stereocenters. The van der Waals surface area contributed by atoms with Crippen LogP contribution in [0.4, 0.5) is 5.69 Å². The smallest absolute Gasteiger partial charge is 0.238 e. The van der Waals surface area contributed by atoms with Gasteiger partial charge in [-0.2, -0.15) is 0 Å². The SMILES string of the molecule is CN(C[C@H]1[C@H](c2ccc(S(N)(=O)=O)cc2)C1(C)C)c1ccccc1.